The molecule has 0 saturated carbocycles. The van der Waals surface area contributed by atoms with Crippen LogP contribution in [0.25, 0.3) is 0 Å². The molecule has 0 bridgehead atoms. The molecule has 0 radical (unpaired) electrons. The lowest BCUT2D eigenvalue weighted by atomic mass is 10.0. The van der Waals surface area contributed by atoms with Gasteiger partial charge in [-0.3, -0.25) is 0 Å². The second-order valence-electron chi connectivity index (χ2n) is 6.75. The molecule has 0 aliphatic carbocycles. The minimum atomic E-state index is -0.621. The van der Waals surface area contributed by atoms with Gasteiger partial charge in [-0.15, -0.1) is 0 Å². The van der Waals surface area contributed by atoms with Crippen LogP contribution in [0, 0.1) is 6.92 Å². The number of benzene rings is 2. The molecule has 2 aromatic rings. The van der Waals surface area contributed by atoms with E-state index in [-0.39, 0.29) is 12.3 Å². The van der Waals surface area contributed by atoms with Crippen LogP contribution in [0.5, 0.6) is 5.75 Å². The van der Waals surface area contributed by atoms with Gasteiger partial charge in [-0.1, -0.05) is 39.7 Å². The Hall–Kier alpha value is -3.88. The average Bonchev–Trinajstić information content (AvgIpc) is 2.81. The van der Waals surface area contributed by atoms with Crippen LogP contribution in [0.15, 0.2) is 57.9 Å². The number of oxime groups is 3. The first kappa shape index (κ1) is 25.4. The fourth-order valence-electron chi connectivity index (χ4n) is 3.06. The van der Waals surface area contributed by atoms with Crippen LogP contribution in [0.3, 0.4) is 0 Å². The number of carbonyl (C=O) groups excluding carboxylic acids is 1. The van der Waals surface area contributed by atoms with Crippen molar-refractivity contribution < 1.29 is 28.8 Å². The van der Waals surface area contributed by atoms with E-state index in [2.05, 4.69) is 15.5 Å². The van der Waals surface area contributed by atoms with Gasteiger partial charge in [0.25, 0.3) is 0 Å². The summed E-state index contributed by atoms with van der Waals surface area (Å²) in [7, 11) is 4.10. The number of aryl methyl sites for hydroxylation is 1. The molecule has 33 heavy (non-hydrogen) atoms. The Kier molecular flexibility index (Phi) is 9.88. The van der Waals surface area contributed by atoms with Crippen molar-refractivity contribution in [3.8, 4) is 5.75 Å². The number of hydrogen-bond donors (Lipinski definition) is 0. The normalized spacial score (nSPS) is 12.2. The minimum Gasteiger partial charge on any atom is -0.494 e. The number of nitrogens with zero attached hydrogens (tertiary/aromatic N) is 3. The summed E-state index contributed by atoms with van der Waals surface area (Å²) in [4.78, 5) is 27.5. The molecular weight excluding hydrogens is 426 g/mol. The molecule has 0 atom stereocenters. The number of esters is 1. The molecule has 176 valence electrons. The maximum atomic E-state index is 12.1. The van der Waals surface area contributed by atoms with Gasteiger partial charge in [0.05, 0.1) is 13.7 Å². The average molecular weight is 456 g/mol. The van der Waals surface area contributed by atoms with Gasteiger partial charge >= 0.3 is 5.97 Å². The number of carbonyl (C=O) groups is 1. The van der Waals surface area contributed by atoms with E-state index >= 15 is 0 Å². The van der Waals surface area contributed by atoms with Gasteiger partial charge in [0.2, 0.25) is 0 Å². The number of hydrogen-bond acceptors (Lipinski definition) is 9. The van der Waals surface area contributed by atoms with E-state index in [0.29, 0.717) is 29.2 Å². The van der Waals surface area contributed by atoms with Crippen LogP contribution in [0.2, 0.25) is 0 Å². The third-order valence-corrected chi connectivity index (χ3v) is 4.54. The van der Waals surface area contributed by atoms with Crippen molar-refractivity contribution in [1.82, 2.24) is 0 Å². The molecule has 0 unspecified atom stereocenters. The lowest BCUT2D eigenvalue weighted by Crippen LogP contribution is -2.19. The van der Waals surface area contributed by atoms with Crippen LogP contribution in [0.4, 0.5) is 0 Å². The Morgan fingerprint density at radius 1 is 0.909 bits per heavy atom. The molecule has 9 nitrogen and oxygen atoms in total. The predicted octanol–water partition coefficient (Wildman–Crippen LogP) is 3.86. The highest BCUT2D eigenvalue weighted by atomic mass is 16.6. The lowest BCUT2D eigenvalue weighted by Gasteiger charge is -2.12. The van der Waals surface area contributed by atoms with Crippen molar-refractivity contribution in [1.29, 1.82) is 0 Å². The molecule has 2 rings (SSSR count). The van der Waals surface area contributed by atoms with Crippen LogP contribution in [-0.2, 0) is 30.7 Å². The van der Waals surface area contributed by atoms with Crippen molar-refractivity contribution in [3.63, 3.8) is 0 Å². The van der Waals surface area contributed by atoms with E-state index in [0.717, 1.165) is 16.9 Å². The Morgan fingerprint density at radius 3 is 2.24 bits per heavy atom. The summed E-state index contributed by atoms with van der Waals surface area (Å²) in [5, 5.41) is 12.1. The summed E-state index contributed by atoms with van der Waals surface area (Å²) in [6, 6.07) is 12.8. The highest BCUT2D eigenvalue weighted by Gasteiger charge is 2.19. The molecule has 0 fully saturated rings. The van der Waals surface area contributed by atoms with Gasteiger partial charge < -0.3 is 24.0 Å². The summed E-state index contributed by atoms with van der Waals surface area (Å²) in [5.41, 5.74) is 4.07. The molecule has 0 spiro atoms. The lowest BCUT2D eigenvalue weighted by molar-refractivity contribution is -0.132. The van der Waals surface area contributed by atoms with Gasteiger partial charge in [0.1, 0.15) is 38.0 Å². The van der Waals surface area contributed by atoms with Crippen molar-refractivity contribution >= 4 is 23.1 Å². The quantitative estimate of drug-likeness (QED) is 0.290. The van der Waals surface area contributed by atoms with Crippen LogP contribution < -0.4 is 4.74 Å². The van der Waals surface area contributed by atoms with E-state index < -0.39 is 5.97 Å². The van der Waals surface area contributed by atoms with E-state index in [1.54, 1.807) is 25.1 Å². The molecule has 0 aliphatic rings. The molecule has 0 aliphatic heterocycles. The van der Waals surface area contributed by atoms with Crippen LogP contribution in [-0.4, -0.2) is 51.0 Å². The molecule has 2 aromatic carbocycles. The van der Waals surface area contributed by atoms with Gasteiger partial charge in [-0.05, 0) is 44.5 Å². The first-order valence-corrected chi connectivity index (χ1v) is 10.3. The summed E-state index contributed by atoms with van der Waals surface area (Å²) in [6.07, 6.45) is 0. The molecule has 0 heterocycles. The minimum absolute atomic E-state index is 0.0338. The molecule has 9 heteroatoms. The fraction of sp³-hybridized carbons (Fsp3) is 0.333. The highest BCUT2D eigenvalue weighted by Crippen LogP contribution is 2.19. The van der Waals surface area contributed by atoms with Gasteiger partial charge in [-0.2, -0.15) is 0 Å². The topological polar surface area (TPSA) is 100 Å². The highest BCUT2D eigenvalue weighted by molar-refractivity contribution is 6.47. The van der Waals surface area contributed by atoms with Crippen molar-refractivity contribution in [2.24, 2.45) is 15.5 Å². The van der Waals surface area contributed by atoms with E-state index in [9.17, 15) is 4.79 Å². The molecule has 0 aromatic heterocycles. The molecule has 0 saturated heterocycles. The zero-order chi connectivity index (χ0) is 24.2. The summed E-state index contributed by atoms with van der Waals surface area (Å²) in [5.74, 6) is 0.154. The first-order chi connectivity index (χ1) is 16.0. The first-order valence-electron chi connectivity index (χ1n) is 10.3. The van der Waals surface area contributed by atoms with Gasteiger partial charge in [-0.25, -0.2) is 4.79 Å². The predicted molar refractivity (Wildman–Crippen MR) is 126 cm³/mol. The number of rotatable bonds is 11. The maximum Gasteiger partial charge on any atom is 0.360 e. The van der Waals surface area contributed by atoms with E-state index in [1.807, 2.05) is 38.1 Å². The SMILES string of the molecule is CCOc1ccc(C(=NOC)C(C)=NOCc2ccccc2C(=NOC)C(=O)OC)c(C)c1. The Bertz CT molecular complexity index is 1050. The smallest absolute Gasteiger partial charge is 0.360 e. The Balaban J connectivity index is 2.27. The third kappa shape index (κ3) is 6.80. The van der Waals surface area contributed by atoms with Crippen LogP contribution in [0.1, 0.15) is 36.1 Å². The second kappa shape index (κ2) is 12.8. The van der Waals surface area contributed by atoms with Crippen molar-refractivity contribution in [2.75, 3.05) is 27.9 Å². The Labute approximate surface area is 193 Å². The van der Waals surface area contributed by atoms with Crippen molar-refractivity contribution in [2.45, 2.75) is 27.4 Å². The third-order valence-electron chi connectivity index (χ3n) is 4.54. The Morgan fingerprint density at radius 2 is 1.61 bits per heavy atom. The summed E-state index contributed by atoms with van der Waals surface area (Å²) >= 11 is 0. The van der Waals surface area contributed by atoms with E-state index in [1.165, 1.54) is 21.3 Å². The second-order valence-corrected chi connectivity index (χ2v) is 6.75. The largest absolute Gasteiger partial charge is 0.494 e. The van der Waals surface area contributed by atoms with Gasteiger partial charge in [0.15, 0.2) is 5.71 Å². The molecule has 0 amide bonds. The van der Waals surface area contributed by atoms with Gasteiger partial charge in [0, 0.05) is 16.7 Å². The fourth-order valence-corrected chi connectivity index (χ4v) is 3.06. The van der Waals surface area contributed by atoms with Crippen LogP contribution >= 0.6 is 0 Å². The maximum absolute atomic E-state index is 12.1. The zero-order valence-electron chi connectivity index (χ0n) is 19.7. The zero-order valence-corrected chi connectivity index (χ0v) is 19.7. The van der Waals surface area contributed by atoms with Crippen molar-refractivity contribution in [3.05, 3.63) is 64.7 Å². The molecule has 0 N–H and O–H groups in total. The number of ether oxygens (including phenoxy) is 2. The standard InChI is InChI=1S/C24H29N3O6/c1-7-32-19-12-13-20(16(2)14-19)22(26-30-5)17(3)25-33-15-18-10-8-9-11-21(18)23(27-31-6)24(28)29-4/h8-14H,7,15H2,1-6H3. The molecular formula is C24H29N3O6. The van der Waals surface area contributed by atoms with E-state index in [4.69, 9.17) is 24.0 Å². The monoisotopic (exact) mass is 455 g/mol. The summed E-state index contributed by atoms with van der Waals surface area (Å²) < 4.78 is 10.4. The summed E-state index contributed by atoms with van der Waals surface area (Å²) in [6.45, 7) is 6.32. The number of methoxy groups -OCH3 is 1.